The summed E-state index contributed by atoms with van der Waals surface area (Å²) in [7, 11) is -3.36. The van der Waals surface area contributed by atoms with Gasteiger partial charge < -0.3 is 10.0 Å². The Balaban J connectivity index is 2.32. The Hall–Kier alpha value is -2.67. The molecule has 0 saturated carbocycles. The van der Waals surface area contributed by atoms with Gasteiger partial charge in [0.1, 0.15) is 6.04 Å². The fraction of sp³-hybridized carbons (Fsp3) is 0.263. The highest BCUT2D eigenvalue weighted by molar-refractivity contribution is 7.91. The van der Waals surface area contributed by atoms with Gasteiger partial charge in [0.25, 0.3) is 5.91 Å². The maximum Gasteiger partial charge on any atom is 0.326 e. The molecular weight excluding hydrogens is 354 g/mol. The van der Waals surface area contributed by atoms with Crippen molar-refractivity contribution in [2.24, 2.45) is 0 Å². The van der Waals surface area contributed by atoms with Crippen molar-refractivity contribution in [3.63, 3.8) is 0 Å². The predicted octanol–water partition coefficient (Wildman–Crippen LogP) is 2.60. The van der Waals surface area contributed by atoms with Gasteiger partial charge in [-0.25, -0.2) is 13.2 Å². The second-order valence-corrected chi connectivity index (χ2v) is 8.14. The van der Waals surface area contributed by atoms with E-state index in [2.05, 4.69) is 0 Å². The van der Waals surface area contributed by atoms with Gasteiger partial charge in [0.15, 0.2) is 9.84 Å². The van der Waals surface area contributed by atoms with Gasteiger partial charge in [-0.05, 0) is 36.8 Å². The second kappa shape index (κ2) is 8.14. The average Bonchev–Trinajstić information content (AvgIpc) is 2.66. The molecule has 26 heavy (non-hydrogen) atoms. The summed E-state index contributed by atoms with van der Waals surface area (Å²) in [6, 6.07) is 13.6. The Morgan fingerprint density at radius 3 is 2.12 bits per heavy atom. The Bertz CT molecular complexity index is 876. The molecular formula is C19H21NO5S. The summed E-state index contributed by atoms with van der Waals surface area (Å²) in [5, 5.41) is 9.34. The lowest BCUT2D eigenvalue weighted by Crippen LogP contribution is -2.42. The molecule has 0 spiro atoms. The average molecular weight is 375 g/mol. The monoisotopic (exact) mass is 375 g/mol. The minimum Gasteiger partial charge on any atom is -0.480 e. The molecule has 0 aliphatic heterocycles. The number of rotatable bonds is 7. The van der Waals surface area contributed by atoms with E-state index < -0.39 is 27.8 Å². The van der Waals surface area contributed by atoms with Gasteiger partial charge in [-0.15, -0.1) is 0 Å². The van der Waals surface area contributed by atoms with E-state index in [9.17, 15) is 23.1 Å². The zero-order chi connectivity index (χ0) is 19.3. The van der Waals surface area contributed by atoms with Gasteiger partial charge in [0.2, 0.25) is 0 Å². The van der Waals surface area contributed by atoms with Crippen LogP contribution < -0.4 is 0 Å². The highest BCUT2D eigenvalue weighted by atomic mass is 32.2. The second-order valence-electron chi connectivity index (χ2n) is 5.86. The maximum absolute atomic E-state index is 12.8. The molecule has 138 valence electrons. The number of hydrogen-bond acceptors (Lipinski definition) is 4. The molecule has 2 rings (SSSR count). The lowest BCUT2D eigenvalue weighted by atomic mass is 10.1. The van der Waals surface area contributed by atoms with Crippen LogP contribution in [0.2, 0.25) is 0 Å². The zero-order valence-electron chi connectivity index (χ0n) is 14.6. The number of nitrogens with zero attached hydrogens (tertiary/aromatic N) is 1. The molecule has 1 amide bonds. The number of aliphatic carboxylic acids is 1. The first kappa shape index (κ1) is 19.7. The molecule has 0 aliphatic carbocycles. The van der Waals surface area contributed by atoms with Crippen LogP contribution in [-0.2, 0) is 21.2 Å². The number of carbonyl (C=O) groups excluding carboxylic acids is 1. The molecule has 0 heterocycles. The number of benzene rings is 2. The summed E-state index contributed by atoms with van der Waals surface area (Å²) in [6.07, 6.45) is 0. The van der Waals surface area contributed by atoms with Gasteiger partial charge in [-0.3, -0.25) is 4.79 Å². The summed E-state index contributed by atoms with van der Waals surface area (Å²) in [4.78, 5) is 25.6. The molecule has 1 atom stereocenters. The molecule has 0 bridgehead atoms. The van der Waals surface area contributed by atoms with Gasteiger partial charge in [0.05, 0.1) is 10.6 Å². The number of sulfone groups is 1. The van der Waals surface area contributed by atoms with Crippen LogP contribution in [-0.4, -0.2) is 42.1 Å². The third kappa shape index (κ3) is 4.49. The van der Waals surface area contributed by atoms with Crippen LogP contribution in [0.15, 0.2) is 59.5 Å². The van der Waals surface area contributed by atoms with Crippen molar-refractivity contribution in [3.8, 4) is 0 Å². The van der Waals surface area contributed by atoms with Crippen LogP contribution in [0, 0.1) is 0 Å². The number of carbonyl (C=O) groups is 2. The van der Waals surface area contributed by atoms with E-state index in [1.807, 2.05) is 30.3 Å². The van der Waals surface area contributed by atoms with Gasteiger partial charge >= 0.3 is 5.97 Å². The van der Waals surface area contributed by atoms with Crippen molar-refractivity contribution < 1.29 is 23.1 Å². The van der Waals surface area contributed by atoms with E-state index in [1.54, 1.807) is 6.92 Å². The van der Waals surface area contributed by atoms with Crippen molar-refractivity contribution in [1.29, 1.82) is 0 Å². The van der Waals surface area contributed by atoms with Crippen LogP contribution in [0.25, 0.3) is 0 Å². The Morgan fingerprint density at radius 1 is 1.04 bits per heavy atom. The minimum atomic E-state index is -3.36. The summed E-state index contributed by atoms with van der Waals surface area (Å²) in [5.74, 6) is -1.61. The number of amides is 1. The first-order valence-electron chi connectivity index (χ1n) is 8.16. The topological polar surface area (TPSA) is 91.8 Å². The van der Waals surface area contributed by atoms with E-state index in [-0.39, 0.29) is 22.8 Å². The SMILES string of the molecule is CCS(=O)(=O)c1ccc(C(=O)N(Cc2ccccc2)C(C)C(=O)O)cc1. The quantitative estimate of drug-likeness (QED) is 0.803. The van der Waals surface area contributed by atoms with Gasteiger partial charge in [-0.1, -0.05) is 37.3 Å². The van der Waals surface area contributed by atoms with E-state index in [4.69, 9.17) is 0 Å². The minimum absolute atomic E-state index is 0.0313. The van der Waals surface area contributed by atoms with Crippen molar-refractivity contribution in [2.75, 3.05) is 5.75 Å². The van der Waals surface area contributed by atoms with E-state index in [0.717, 1.165) is 5.56 Å². The first-order valence-corrected chi connectivity index (χ1v) is 9.82. The normalized spacial score (nSPS) is 12.4. The van der Waals surface area contributed by atoms with E-state index in [0.29, 0.717) is 0 Å². The summed E-state index contributed by atoms with van der Waals surface area (Å²) in [6.45, 7) is 3.13. The molecule has 0 radical (unpaired) electrons. The summed E-state index contributed by atoms with van der Waals surface area (Å²) < 4.78 is 23.8. The van der Waals surface area contributed by atoms with Gasteiger partial charge in [0, 0.05) is 12.1 Å². The third-order valence-corrected chi connectivity index (χ3v) is 5.87. The zero-order valence-corrected chi connectivity index (χ0v) is 15.4. The fourth-order valence-electron chi connectivity index (χ4n) is 2.44. The predicted molar refractivity (Wildman–Crippen MR) is 97.6 cm³/mol. The lowest BCUT2D eigenvalue weighted by molar-refractivity contribution is -0.141. The third-order valence-electron chi connectivity index (χ3n) is 4.12. The highest BCUT2D eigenvalue weighted by Crippen LogP contribution is 2.17. The number of hydrogen-bond donors (Lipinski definition) is 1. The lowest BCUT2D eigenvalue weighted by Gasteiger charge is -2.27. The molecule has 1 unspecified atom stereocenters. The molecule has 0 aromatic heterocycles. The molecule has 2 aromatic carbocycles. The molecule has 0 aliphatic rings. The van der Waals surface area contributed by atoms with Gasteiger partial charge in [-0.2, -0.15) is 0 Å². The smallest absolute Gasteiger partial charge is 0.326 e. The van der Waals surface area contributed by atoms with Crippen molar-refractivity contribution in [1.82, 2.24) is 4.90 Å². The molecule has 0 fully saturated rings. The molecule has 0 saturated heterocycles. The van der Waals surface area contributed by atoms with Crippen LogP contribution in [0.5, 0.6) is 0 Å². The van der Waals surface area contributed by atoms with Crippen LogP contribution >= 0.6 is 0 Å². The maximum atomic E-state index is 12.8. The summed E-state index contributed by atoms with van der Waals surface area (Å²) in [5.41, 5.74) is 1.04. The van der Waals surface area contributed by atoms with Crippen molar-refractivity contribution in [2.45, 2.75) is 31.3 Å². The largest absolute Gasteiger partial charge is 0.480 e. The van der Waals surface area contributed by atoms with Crippen molar-refractivity contribution in [3.05, 3.63) is 65.7 Å². The van der Waals surface area contributed by atoms with Crippen LogP contribution in [0.1, 0.15) is 29.8 Å². The Morgan fingerprint density at radius 2 is 1.62 bits per heavy atom. The standard InChI is InChI=1S/C19H21NO5S/c1-3-26(24,25)17-11-9-16(10-12-17)18(21)20(14(2)19(22)23)13-15-7-5-4-6-8-15/h4-12,14H,3,13H2,1-2H3,(H,22,23). The Kier molecular flexibility index (Phi) is 6.15. The van der Waals surface area contributed by atoms with E-state index in [1.165, 1.54) is 36.1 Å². The fourth-order valence-corrected chi connectivity index (χ4v) is 3.32. The van der Waals surface area contributed by atoms with Crippen LogP contribution in [0.3, 0.4) is 0 Å². The Labute approximate surface area is 153 Å². The number of carboxylic acid groups (broad SMARTS) is 1. The van der Waals surface area contributed by atoms with E-state index >= 15 is 0 Å². The number of carboxylic acids is 1. The molecule has 1 N–H and O–H groups in total. The van der Waals surface area contributed by atoms with Crippen molar-refractivity contribution >= 4 is 21.7 Å². The highest BCUT2D eigenvalue weighted by Gasteiger charge is 2.27. The summed E-state index contributed by atoms with van der Waals surface area (Å²) >= 11 is 0. The first-order chi connectivity index (χ1) is 12.3. The molecule has 6 nitrogen and oxygen atoms in total. The van der Waals surface area contributed by atoms with Crippen LogP contribution in [0.4, 0.5) is 0 Å². The molecule has 2 aromatic rings. The molecule has 7 heteroatoms.